The molecule has 0 bridgehead atoms. The number of hydrogen-bond acceptors (Lipinski definition) is 5. The summed E-state index contributed by atoms with van der Waals surface area (Å²) < 4.78 is 0. The van der Waals surface area contributed by atoms with E-state index < -0.39 is 0 Å². The first-order chi connectivity index (χ1) is 10.8. The van der Waals surface area contributed by atoms with Crippen LogP contribution in [0.5, 0.6) is 0 Å². The molecule has 0 saturated carbocycles. The lowest BCUT2D eigenvalue weighted by molar-refractivity contribution is -0.123. The Labute approximate surface area is 140 Å². The summed E-state index contributed by atoms with van der Waals surface area (Å²) in [7, 11) is 0. The van der Waals surface area contributed by atoms with Crippen molar-refractivity contribution in [1.29, 1.82) is 0 Å². The van der Waals surface area contributed by atoms with Crippen molar-refractivity contribution in [2.75, 3.05) is 37.7 Å². The number of carbonyl (C=O) groups is 1. The maximum atomic E-state index is 12.2. The van der Waals surface area contributed by atoms with Crippen LogP contribution in [0.4, 0.5) is 0 Å². The SMILES string of the molecule is NCCCCCCN(CCCCCCN)[C@H]1CSCCC1=O. The van der Waals surface area contributed by atoms with E-state index in [1.807, 2.05) is 11.8 Å². The Morgan fingerprint density at radius 2 is 1.45 bits per heavy atom. The molecule has 22 heavy (non-hydrogen) atoms. The number of carbonyl (C=O) groups excluding carboxylic acids is 1. The van der Waals surface area contributed by atoms with Crippen molar-refractivity contribution < 1.29 is 4.79 Å². The zero-order valence-electron chi connectivity index (χ0n) is 14.1. The second kappa shape index (κ2) is 13.3. The van der Waals surface area contributed by atoms with Crippen LogP contribution in [0.3, 0.4) is 0 Å². The minimum Gasteiger partial charge on any atom is -0.330 e. The first-order valence-electron chi connectivity index (χ1n) is 9.04. The molecule has 0 aromatic carbocycles. The normalized spacial score (nSPS) is 19.0. The highest BCUT2D eigenvalue weighted by atomic mass is 32.2. The van der Waals surface area contributed by atoms with Crippen molar-refractivity contribution in [1.82, 2.24) is 4.90 Å². The molecule has 0 spiro atoms. The van der Waals surface area contributed by atoms with Gasteiger partial charge in [0.05, 0.1) is 6.04 Å². The molecule has 4 nitrogen and oxygen atoms in total. The lowest BCUT2D eigenvalue weighted by Crippen LogP contribution is -2.46. The van der Waals surface area contributed by atoms with Crippen LogP contribution in [0.1, 0.15) is 57.8 Å². The van der Waals surface area contributed by atoms with Gasteiger partial charge in [0.15, 0.2) is 5.78 Å². The Hall–Kier alpha value is -0.100. The zero-order valence-corrected chi connectivity index (χ0v) is 14.9. The van der Waals surface area contributed by atoms with Crippen LogP contribution >= 0.6 is 11.8 Å². The maximum absolute atomic E-state index is 12.2. The van der Waals surface area contributed by atoms with Gasteiger partial charge in [-0.3, -0.25) is 9.69 Å². The van der Waals surface area contributed by atoms with Crippen molar-refractivity contribution in [2.24, 2.45) is 11.5 Å². The fourth-order valence-corrected chi connectivity index (χ4v) is 4.12. The van der Waals surface area contributed by atoms with Crippen molar-refractivity contribution in [3.05, 3.63) is 0 Å². The van der Waals surface area contributed by atoms with Crippen molar-refractivity contribution in [3.63, 3.8) is 0 Å². The predicted octanol–water partition coefficient (Wildman–Crippen LogP) is 2.40. The van der Waals surface area contributed by atoms with Gasteiger partial charge in [0.1, 0.15) is 0 Å². The molecule has 0 aromatic rings. The molecule has 0 aromatic heterocycles. The average molecular weight is 330 g/mol. The third kappa shape index (κ3) is 8.51. The number of rotatable bonds is 13. The molecule has 1 fully saturated rings. The summed E-state index contributed by atoms with van der Waals surface area (Å²) in [4.78, 5) is 14.7. The molecule has 130 valence electrons. The molecule has 1 aliphatic heterocycles. The molecule has 1 saturated heterocycles. The third-order valence-electron chi connectivity index (χ3n) is 4.38. The summed E-state index contributed by atoms with van der Waals surface area (Å²) in [6.45, 7) is 3.72. The second-order valence-corrected chi connectivity index (χ2v) is 7.40. The summed E-state index contributed by atoms with van der Waals surface area (Å²) >= 11 is 1.93. The average Bonchev–Trinajstić information content (AvgIpc) is 2.53. The molecule has 0 unspecified atom stereocenters. The van der Waals surface area contributed by atoms with Crippen LogP contribution in [0.25, 0.3) is 0 Å². The number of nitrogens with zero attached hydrogens (tertiary/aromatic N) is 1. The number of ketones is 1. The molecule has 0 aliphatic carbocycles. The molecule has 4 N–H and O–H groups in total. The summed E-state index contributed by atoms with van der Waals surface area (Å²) in [5.74, 6) is 2.46. The van der Waals surface area contributed by atoms with Crippen LogP contribution in [0.2, 0.25) is 0 Å². The lowest BCUT2D eigenvalue weighted by Gasteiger charge is -2.33. The highest BCUT2D eigenvalue weighted by molar-refractivity contribution is 7.99. The van der Waals surface area contributed by atoms with Crippen molar-refractivity contribution >= 4 is 17.5 Å². The monoisotopic (exact) mass is 329 g/mol. The Morgan fingerprint density at radius 3 is 1.95 bits per heavy atom. The minimum absolute atomic E-state index is 0.169. The number of unbranched alkanes of at least 4 members (excludes halogenated alkanes) is 6. The summed E-state index contributed by atoms with van der Waals surface area (Å²) in [5.41, 5.74) is 11.1. The molecule has 0 amide bonds. The van der Waals surface area contributed by atoms with Crippen LogP contribution in [0.15, 0.2) is 0 Å². The molecular formula is C17H35N3OS. The standard InChI is InChI=1S/C17H35N3OS/c18-10-5-1-3-7-12-20(13-8-4-2-6-11-19)16-15-22-14-9-17(16)21/h16H,1-15,18-19H2/t16-/m0/s1. The highest BCUT2D eigenvalue weighted by Gasteiger charge is 2.27. The molecular weight excluding hydrogens is 294 g/mol. The van der Waals surface area contributed by atoms with Crippen LogP contribution < -0.4 is 11.5 Å². The topological polar surface area (TPSA) is 72.3 Å². The van der Waals surface area contributed by atoms with Gasteiger partial charge in [-0.25, -0.2) is 0 Å². The van der Waals surface area contributed by atoms with Gasteiger partial charge in [0, 0.05) is 17.9 Å². The van der Waals surface area contributed by atoms with E-state index in [0.29, 0.717) is 5.78 Å². The molecule has 1 atom stereocenters. The van der Waals surface area contributed by atoms with Gasteiger partial charge in [0.2, 0.25) is 0 Å². The van der Waals surface area contributed by atoms with Gasteiger partial charge in [-0.15, -0.1) is 0 Å². The van der Waals surface area contributed by atoms with Gasteiger partial charge in [-0.1, -0.05) is 25.7 Å². The Bertz CT molecular complexity index is 275. The van der Waals surface area contributed by atoms with Crippen molar-refractivity contribution in [3.8, 4) is 0 Å². The smallest absolute Gasteiger partial charge is 0.151 e. The Balaban J connectivity index is 2.33. The Kier molecular flexibility index (Phi) is 12.1. The summed E-state index contributed by atoms with van der Waals surface area (Å²) in [5, 5.41) is 0. The van der Waals surface area contributed by atoms with Crippen LogP contribution in [-0.4, -0.2) is 54.4 Å². The van der Waals surface area contributed by atoms with Gasteiger partial charge in [-0.05, 0) is 51.9 Å². The predicted molar refractivity (Wildman–Crippen MR) is 97.4 cm³/mol. The van der Waals surface area contributed by atoms with Gasteiger partial charge in [-0.2, -0.15) is 11.8 Å². The number of Topliss-reactive ketones (excluding diaryl/α,β-unsaturated/α-hetero) is 1. The maximum Gasteiger partial charge on any atom is 0.151 e. The van der Waals surface area contributed by atoms with E-state index in [1.165, 1.54) is 38.5 Å². The summed E-state index contributed by atoms with van der Waals surface area (Å²) in [6.07, 6.45) is 10.3. The second-order valence-electron chi connectivity index (χ2n) is 6.25. The first-order valence-corrected chi connectivity index (χ1v) is 10.2. The lowest BCUT2D eigenvalue weighted by atomic mass is 10.1. The van der Waals surface area contributed by atoms with E-state index in [0.717, 1.165) is 56.9 Å². The molecule has 5 heteroatoms. The van der Waals surface area contributed by atoms with Crippen LogP contribution in [-0.2, 0) is 4.79 Å². The fourth-order valence-electron chi connectivity index (χ4n) is 2.99. The van der Waals surface area contributed by atoms with E-state index in [-0.39, 0.29) is 6.04 Å². The number of hydrogen-bond donors (Lipinski definition) is 2. The summed E-state index contributed by atoms with van der Waals surface area (Å²) in [6, 6.07) is 0.169. The van der Waals surface area contributed by atoms with E-state index in [4.69, 9.17) is 11.5 Å². The zero-order chi connectivity index (χ0) is 16.0. The van der Waals surface area contributed by atoms with Gasteiger partial charge < -0.3 is 11.5 Å². The molecule has 1 rings (SSSR count). The molecule has 0 radical (unpaired) electrons. The largest absolute Gasteiger partial charge is 0.330 e. The van der Waals surface area contributed by atoms with E-state index in [9.17, 15) is 4.79 Å². The number of nitrogens with two attached hydrogens (primary N) is 2. The van der Waals surface area contributed by atoms with E-state index in [1.54, 1.807) is 0 Å². The number of thioether (sulfide) groups is 1. The third-order valence-corrected chi connectivity index (χ3v) is 5.42. The fraction of sp³-hybridized carbons (Fsp3) is 0.941. The first kappa shape index (κ1) is 19.9. The quantitative estimate of drug-likeness (QED) is 0.508. The Morgan fingerprint density at radius 1 is 0.909 bits per heavy atom. The van der Waals surface area contributed by atoms with Crippen LogP contribution in [0, 0.1) is 0 Å². The van der Waals surface area contributed by atoms with Crippen molar-refractivity contribution in [2.45, 2.75) is 63.8 Å². The highest BCUT2D eigenvalue weighted by Crippen LogP contribution is 2.20. The molecule has 1 aliphatic rings. The minimum atomic E-state index is 0.169. The molecule has 1 heterocycles. The van der Waals surface area contributed by atoms with Gasteiger partial charge >= 0.3 is 0 Å². The van der Waals surface area contributed by atoms with E-state index in [2.05, 4.69) is 4.90 Å². The van der Waals surface area contributed by atoms with Gasteiger partial charge in [0.25, 0.3) is 0 Å². The van der Waals surface area contributed by atoms with E-state index >= 15 is 0 Å².